The highest BCUT2D eigenvalue weighted by atomic mass is 16.2. The first-order valence-corrected chi connectivity index (χ1v) is 8.09. The number of imide groups is 1. The third kappa shape index (κ3) is 1.65. The van der Waals surface area contributed by atoms with Crippen LogP contribution in [0.5, 0.6) is 0 Å². The lowest BCUT2D eigenvalue weighted by Gasteiger charge is -2.37. The van der Waals surface area contributed by atoms with E-state index in [-0.39, 0.29) is 35.5 Å². The highest BCUT2D eigenvalue weighted by Crippen LogP contribution is 2.65. The molecule has 0 spiro atoms. The number of nitrogens with one attached hydrogen (secondary N) is 1. The molecule has 0 aromatic heterocycles. The van der Waals surface area contributed by atoms with Crippen molar-refractivity contribution in [1.82, 2.24) is 10.4 Å². The average Bonchev–Trinajstić information content (AvgIpc) is 3.37. The Hall–Kier alpha value is -2.43. The molecule has 4 aliphatic carbocycles. The molecule has 5 aliphatic rings. The Bertz CT molecular complexity index is 721. The van der Waals surface area contributed by atoms with Gasteiger partial charge in [0.2, 0.25) is 0 Å². The van der Waals surface area contributed by atoms with E-state index in [9.17, 15) is 14.4 Å². The number of hydrogen-bond donors (Lipinski definition) is 1. The van der Waals surface area contributed by atoms with E-state index in [4.69, 9.17) is 0 Å². The molecule has 2 saturated carbocycles. The molecule has 5 heteroatoms. The predicted molar refractivity (Wildman–Crippen MR) is 80.5 cm³/mol. The smallest absolute Gasteiger partial charge is 0.270 e. The molecular weight excluding hydrogens is 292 g/mol. The van der Waals surface area contributed by atoms with E-state index in [0.717, 1.165) is 11.4 Å². The van der Waals surface area contributed by atoms with E-state index in [1.807, 2.05) is 6.07 Å². The number of benzene rings is 1. The maximum atomic E-state index is 12.7. The molecule has 1 aliphatic heterocycles. The van der Waals surface area contributed by atoms with Crippen LogP contribution in [-0.4, -0.2) is 22.7 Å². The Morgan fingerprint density at radius 3 is 2.09 bits per heavy atom. The lowest BCUT2D eigenvalue weighted by molar-refractivity contribution is -0.143. The van der Waals surface area contributed by atoms with Gasteiger partial charge in [0.05, 0.1) is 11.8 Å². The number of allylic oxidation sites excluding steroid dienone is 2. The van der Waals surface area contributed by atoms with Crippen LogP contribution < -0.4 is 5.43 Å². The largest absolute Gasteiger partial charge is 0.272 e. The van der Waals surface area contributed by atoms with Gasteiger partial charge >= 0.3 is 0 Å². The normalized spacial score (nSPS) is 39.2. The predicted octanol–water partition coefficient (Wildman–Crippen LogP) is 1.38. The van der Waals surface area contributed by atoms with Crippen molar-refractivity contribution in [2.75, 3.05) is 0 Å². The van der Waals surface area contributed by atoms with Crippen LogP contribution in [-0.2, 0) is 9.59 Å². The number of carbonyl (C=O) groups excluding carboxylic acids is 3. The van der Waals surface area contributed by atoms with Crippen LogP contribution in [0.15, 0.2) is 42.5 Å². The molecule has 1 aromatic carbocycles. The van der Waals surface area contributed by atoms with E-state index in [1.165, 1.54) is 0 Å². The minimum absolute atomic E-state index is 0.171. The van der Waals surface area contributed by atoms with Crippen LogP contribution in [0.1, 0.15) is 16.8 Å². The molecular formula is C18H16N2O3. The van der Waals surface area contributed by atoms with E-state index in [0.29, 0.717) is 17.4 Å². The number of rotatable bonds is 2. The lowest BCUT2D eigenvalue weighted by Crippen LogP contribution is -2.46. The first kappa shape index (κ1) is 13.0. The fourth-order valence-corrected chi connectivity index (χ4v) is 4.82. The Morgan fingerprint density at radius 1 is 0.957 bits per heavy atom. The summed E-state index contributed by atoms with van der Waals surface area (Å²) in [7, 11) is 0. The Kier molecular flexibility index (Phi) is 2.45. The Labute approximate surface area is 133 Å². The summed E-state index contributed by atoms with van der Waals surface area (Å²) in [6.07, 6.45) is 5.37. The molecule has 0 radical (unpaired) electrons. The van der Waals surface area contributed by atoms with Crippen molar-refractivity contribution in [3.05, 3.63) is 48.0 Å². The van der Waals surface area contributed by atoms with Crippen molar-refractivity contribution >= 4 is 17.7 Å². The van der Waals surface area contributed by atoms with Gasteiger partial charge in [0.1, 0.15) is 0 Å². The van der Waals surface area contributed by atoms with Gasteiger partial charge in [0.15, 0.2) is 0 Å². The summed E-state index contributed by atoms with van der Waals surface area (Å²) in [6.45, 7) is 0. The van der Waals surface area contributed by atoms with Crippen molar-refractivity contribution in [3.63, 3.8) is 0 Å². The van der Waals surface area contributed by atoms with Gasteiger partial charge in [-0.3, -0.25) is 19.8 Å². The molecule has 1 aromatic rings. The van der Waals surface area contributed by atoms with Gasteiger partial charge in [-0.1, -0.05) is 30.4 Å². The molecule has 1 N–H and O–H groups in total. The standard InChI is InChI=1S/C18H16N2O3/c21-16(9-4-2-1-3-5-9)19-20-17(22)14-10-6-7-11(13-8-12(10)13)15(14)18(20)23/h1-7,10-15H,8H2,(H,19,21)/t10-,11-,12-,13+,14-,15+/m1/s1. The number of hydrazine groups is 1. The monoisotopic (exact) mass is 308 g/mol. The zero-order valence-corrected chi connectivity index (χ0v) is 12.4. The van der Waals surface area contributed by atoms with E-state index in [2.05, 4.69) is 17.6 Å². The third-order valence-corrected chi connectivity index (χ3v) is 5.91. The number of amides is 3. The first-order valence-electron chi connectivity index (χ1n) is 8.09. The summed E-state index contributed by atoms with van der Waals surface area (Å²) in [4.78, 5) is 37.7. The second kappa shape index (κ2) is 4.31. The molecule has 6 rings (SSSR count). The second-order valence-corrected chi connectivity index (χ2v) is 6.97. The van der Waals surface area contributed by atoms with Crippen LogP contribution in [0, 0.1) is 35.5 Å². The third-order valence-electron chi connectivity index (χ3n) is 5.91. The van der Waals surface area contributed by atoms with Gasteiger partial charge < -0.3 is 0 Å². The summed E-state index contributed by atoms with van der Waals surface area (Å²) in [5, 5.41) is 0.975. The summed E-state index contributed by atoms with van der Waals surface area (Å²) in [5.74, 6) is 0.00438. The summed E-state index contributed by atoms with van der Waals surface area (Å²) in [6, 6.07) is 8.63. The summed E-state index contributed by atoms with van der Waals surface area (Å²) in [5.41, 5.74) is 2.95. The number of nitrogens with zero attached hydrogens (tertiary/aromatic N) is 1. The van der Waals surface area contributed by atoms with Crippen molar-refractivity contribution < 1.29 is 14.4 Å². The molecule has 23 heavy (non-hydrogen) atoms. The van der Waals surface area contributed by atoms with E-state index < -0.39 is 5.91 Å². The van der Waals surface area contributed by atoms with E-state index >= 15 is 0 Å². The first-order chi connectivity index (χ1) is 11.2. The van der Waals surface area contributed by atoms with Crippen molar-refractivity contribution in [2.45, 2.75) is 6.42 Å². The Morgan fingerprint density at radius 2 is 1.52 bits per heavy atom. The molecule has 2 bridgehead atoms. The van der Waals surface area contributed by atoms with Crippen molar-refractivity contribution in [3.8, 4) is 0 Å². The van der Waals surface area contributed by atoms with Crippen LogP contribution >= 0.6 is 0 Å². The van der Waals surface area contributed by atoms with Gasteiger partial charge in [0, 0.05) is 5.56 Å². The van der Waals surface area contributed by atoms with E-state index in [1.54, 1.807) is 24.3 Å². The van der Waals surface area contributed by atoms with Gasteiger partial charge in [-0.25, -0.2) is 0 Å². The molecule has 1 heterocycles. The minimum atomic E-state index is -0.420. The maximum absolute atomic E-state index is 12.7. The summed E-state index contributed by atoms with van der Waals surface area (Å²) < 4.78 is 0. The highest BCUT2D eigenvalue weighted by Gasteiger charge is 2.67. The minimum Gasteiger partial charge on any atom is -0.272 e. The van der Waals surface area contributed by atoms with Crippen LogP contribution in [0.3, 0.4) is 0 Å². The highest BCUT2D eigenvalue weighted by molar-refractivity contribution is 6.08. The molecule has 3 fully saturated rings. The SMILES string of the molecule is O=C(NN1C(=O)[C@@H]2[C@@H]3C=C[C@H]([C@@H]4C[C@H]34)[C@@H]2C1=O)c1ccccc1. The molecule has 6 atom stereocenters. The van der Waals surface area contributed by atoms with Crippen molar-refractivity contribution in [1.29, 1.82) is 0 Å². The molecule has 5 nitrogen and oxygen atoms in total. The topological polar surface area (TPSA) is 66.5 Å². The number of hydrogen-bond acceptors (Lipinski definition) is 3. The summed E-state index contributed by atoms with van der Waals surface area (Å²) >= 11 is 0. The average molecular weight is 308 g/mol. The molecule has 116 valence electrons. The van der Waals surface area contributed by atoms with Gasteiger partial charge in [0.25, 0.3) is 17.7 Å². The lowest BCUT2D eigenvalue weighted by atomic mass is 9.63. The van der Waals surface area contributed by atoms with Crippen LogP contribution in [0.4, 0.5) is 0 Å². The van der Waals surface area contributed by atoms with Gasteiger partial charge in [-0.15, -0.1) is 0 Å². The Balaban J connectivity index is 1.42. The fraction of sp³-hybridized carbons (Fsp3) is 0.389. The number of carbonyl (C=O) groups is 3. The van der Waals surface area contributed by atoms with Gasteiger partial charge in [-0.05, 0) is 42.2 Å². The van der Waals surface area contributed by atoms with Gasteiger partial charge in [-0.2, -0.15) is 5.01 Å². The molecule has 0 unspecified atom stereocenters. The maximum Gasteiger partial charge on any atom is 0.270 e. The molecule has 3 amide bonds. The second-order valence-electron chi connectivity index (χ2n) is 6.97. The molecule has 1 saturated heterocycles. The zero-order chi connectivity index (χ0) is 15.7. The fourth-order valence-electron chi connectivity index (χ4n) is 4.82. The van der Waals surface area contributed by atoms with Crippen LogP contribution in [0.2, 0.25) is 0 Å². The van der Waals surface area contributed by atoms with Crippen LogP contribution in [0.25, 0.3) is 0 Å². The van der Waals surface area contributed by atoms with Crippen molar-refractivity contribution in [2.24, 2.45) is 35.5 Å². The quantitative estimate of drug-likeness (QED) is 0.663. The zero-order valence-electron chi connectivity index (χ0n) is 12.4.